The monoisotopic (exact) mass is 464 g/mol. The van der Waals surface area contributed by atoms with Crippen molar-refractivity contribution >= 4 is 35.2 Å². The molecule has 1 aromatic carbocycles. The highest BCUT2D eigenvalue weighted by molar-refractivity contribution is 6.01. The van der Waals surface area contributed by atoms with Gasteiger partial charge in [0.2, 0.25) is 11.8 Å². The van der Waals surface area contributed by atoms with Crippen molar-refractivity contribution in [2.24, 2.45) is 0 Å². The van der Waals surface area contributed by atoms with Crippen molar-refractivity contribution < 1.29 is 23.9 Å². The zero-order valence-corrected chi connectivity index (χ0v) is 19.1. The number of amides is 3. The van der Waals surface area contributed by atoms with Gasteiger partial charge < -0.3 is 24.6 Å². The van der Waals surface area contributed by atoms with Crippen molar-refractivity contribution in [3.8, 4) is 0 Å². The van der Waals surface area contributed by atoms with Gasteiger partial charge in [-0.05, 0) is 48.9 Å². The molecule has 3 heterocycles. The van der Waals surface area contributed by atoms with Crippen LogP contribution in [0.3, 0.4) is 0 Å². The van der Waals surface area contributed by atoms with E-state index in [1.807, 2.05) is 13.0 Å². The Bertz CT molecular complexity index is 1040. The molecule has 0 saturated carbocycles. The number of hydrogen-bond acceptors (Lipinski definition) is 6. The number of likely N-dealkylation sites (tertiary alicyclic amines) is 1. The lowest BCUT2D eigenvalue weighted by Gasteiger charge is -2.27. The smallest absolute Gasteiger partial charge is 0.253 e. The molecule has 0 unspecified atom stereocenters. The van der Waals surface area contributed by atoms with Crippen LogP contribution in [0, 0.1) is 0 Å². The van der Waals surface area contributed by atoms with Gasteiger partial charge in [-0.1, -0.05) is 6.07 Å². The van der Waals surface area contributed by atoms with Crippen molar-refractivity contribution in [2.45, 2.75) is 25.5 Å². The molecule has 2 fully saturated rings. The Morgan fingerprint density at radius 1 is 1.26 bits per heavy atom. The molecule has 1 aromatic heterocycles. The molecule has 9 heteroatoms. The molecule has 34 heavy (non-hydrogen) atoms. The molecule has 4 rings (SSSR count). The number of benzene rings is 1. The minimum Gasteiger partial charge on any atom is -0.377 e. The van der Waals surface area contributed by atoms with E-state index < -0.39 is 6.04 Å². The quantitative estimate of drug-likeness (QED) is 0.630. The standard InChI is InChI=1S/C25H28N4O5/c1-2-34-21-14-22(29(16-21)23(30)10-5-18-4-3-11-26-15-18)25(32)27-19-6-8-20(9-7-19)28-12-13-33-17-24(28)31/h3-11,15,21-22H,2,12-14,16-17H2,1H3,(H,27,32)/b10-5+/t21-,22-/m1/s1. The molecule has 178 valence electrons. The second-order valence-corrected chi connectivity index (χ2v) is 8.07. The van der Waals surface area contributed by atoms with E-state index in [0.717, 1.165) is 11.3 Å². The van der Waals surface area contributed by atoms with Gasteiger partial charge in [-0.15, -0.1) is 0 Å². The molecule has 0 radical (unpaired) electrons. The molecule has 2 aliphatic rings. The van der Waals surface area contributed by atoms with Crippen LogP contribution in [-0.2, 0) is 23.9 Å². The van der Waals surface area contributed by atoms with Crippen molar-refractivity contribution in [2.75, 3.05) is 43.1 Å². The number of rotatable bonds is 7. The molecule has 0 aliphatic carbocycles. The van der Waals surface area contributed by atoms with Gasteiger partial charge in [0.25, 0.3) is 5.91 Å². The summed E-state index contributed by atoms with van der Waals surface area (Å²) in [5.74, 6) is -0.627. The molecule has 9 nitrogen and oxygen atoms in total. The maximum Gasteiger partial charge on any atom is 0.253 e. The average molecular weight is 465 g/mol. The number of nitrogens with one attached hydrogen (secondary N) is 1. The first kappa shape index (κ1) is 23.6. The van der Waals surface area contributed by atoms with Crippen LogP contribution in [-0.4, -0.2) is 72.7 Å². The summed E-state index contributed by atoms with van der Waals surface area (Å²) in [6, 6.07) is 10.1. The molecule has 2 saturated heterocycles. The Kier molecular flexibility index (Phi) is 7.66. The molecular weight excluding hydrogens is 436 g/mol. The summed E-state index contributed by atoms with van der Waals surface area (Å²) in [6.45, 7) is 3.80. The number of carbonyl (C=O) groups is 3. The SMILES string of the molecule is CCO[C@@H]1C[C@H](C(=O)Nc2ccc(N3CCOCC3=O)cc2)N(C(=O)/C=C/c2cccnc2)C1. The molecule has 0 bridgehead atoms. The highest BCUT2D eigenvalue weighted by atomic mass is 16.5. The maximum absolute atomic E-state index is 13.1. The number of morpholine rings is 1. The van der Waals surface area contributed by atoms with Gasteiger partial charge in [0.15, 0.2) is 0 Å². The molecule has 1 N–H and O–H groups in total. The second kappa shape index (κ2) is 11.0. The van der Waals surface area contributed by atoms with Crippen molar-refractivity contribution in [1.29, 1.82) is 0 Å². The third-order valence-electron chi connectivity index (χ3n) is 5.79. The summed E-state index contributed by atoms with van der Waals surface area (Å²) in [7, 11) is 0. The van der Waals surface area contributed by atoms with Crippen LogP contribution in [0.1, 0.15) is 18.9 Å². The predicted octanol–water partition coefficient (Wildman–Crippen LogP) is 2.10. The van der Waals surface area contributed by atoms with Gasteiger partial charge in [0.05, 0.1) is 12.7 Å². The van der Waals surface area contributed by atoms with Gasteiger partial charge in [-0.3, -0.25) is 19.4 Å². The topological polar surface area (TPSA) is 101 Å². The summed E-state index contributed by atoms with van der Waals surface area (Å²) < 4.78 is 10.9. The van der Waals surface area contributed by atoms with E-state index in [4.69, 9.17) is 9.47 Å². The normalized spacial score (nSPS) is 20.7. The number of carbonyl (C=O) groups excluding carboxylic acids is 3. The number of aromatic nitrogens is 1. The van der Waals surface area contributed by atoms with Gasteiger partial charge in [0.1, 0.15) is 12.6 Å². The van der Waals surface area contributed by atoms with E-state index in [1.54, 1.807) is 58.6 Å². The van der Waals surface area contributed by atoms with Crippen LogP contribution in [0.25, 0.3) is 6.08 Å². The van der Waals surface area contributed by atoms with Crippen LogP contribution in [0.15, 0.2) is 54.9 Å². The van der Waals surface area contributed by atoms with Gasteiger partial charge in [-0.2, -0.15) is 0 Å². The summed E-state index contributed by atoms with van der Waals surface area (Å²) in [5.41, 5.74) is 2.14. The number of hydrogen-bond donors (Lipinski definition) is 1. The van der Waals surface area contributed by atoms with Crippen LogP contribution in [0.5, 0.6) is 0 Å². The minimum absolute atomic E-state index is 0.0697. The lowest BCUT2D eigenvalue weighted by atomic mass is 10.1. The van der Waals surface area contributed by atoms with Crippen molar-refractivity contribution in [3.05, 3.63) is 60.4 Å². The summed E-state index contributed by atoms with van der Waals surface area (Å²) in [5, 5.41) is 2.90. The van der Waals surface area contributed by atoms with E-state index in [-0.39, 0.29) is 30.4 Å². The molecule has 0 spiro atoms. The first-order chi connectivity index (χ1) is 16.5. The fourth-order valence-electron chi connectivity index (χ4n) is 4.13. The maximum atomic E-state index is 13.1. The first-order valence-corrected chi connectivity index (χ1v) is 11.3. The molecule has 2 atom stereocenters. The van der Waals surface area contributed by atoms with Gasteiger partial charge in [0, 0.05) is 56.0 Å². The summed E-state index contributed by atoms with van der Waals surface area (Å²) in [4.78, 5) is 45.3. The van der Waals surface area contributed by atoms with Crippen molar-refractivity contribution in [3.63, 3.8) is 0 Å². The average Bonchev–Trinajstić information content (AvgIpc) is 3.29. The Morgan fingerprint density at radius 3 is 2.79 bits per heavy atom. The van der Waals surface area contributed by atoms with Crippen LogP contribution >= 0.6 is 0 Å². The van der Waals surface area contributed by atoms with Gasteiger partial charge in [-0.25, -0.2) is 0 Å². The van der Waals surface area contributed by atoms with E-state index in [0.29, 0.717) is 38.4 Å². The molecule has 2 aliphatic heterocycles. The van der Waals surface area contributed by atoms with E-state index in [9.17, 15) is 14.4 Å². The third-order valence-corrected chi connectivity index (χ3v) is 5.79. The highest BCUT2D eigenvalue weighted by Gasteiger charge is 2.39. The molecule has 3 amide bonds. The summed E-state index contributed by atoms with van der Waals surface area (Å²) >= 11 is 0. The highest BCUT2D eigenvalue weighted by Crippen LogP contribution is 2.24. The van der Waals surface area contributed by atoms with E-state index in [2.05, 4.69) is 10.3 Å². The Hall–Kier alpha value is -3.56. The van der Waals surface area contributed by atoms with Crippen LogP contribution in [0.4, 0.5) is 11.4 Å². The fourth-order valence-corrected chi connectivity index (χ4v) is 4.13. The number of nitrogens with zero attached hydrogens (tertiary/aromatic N) is 3. The number of pyridine rings is 1. The number of anilines is 2. The fraction of sp³-hybridized carbons (Fsp3) is 0.360. The third kappa shape index (κ3) is 5.67. The molecular formula is C25H28N4O5. The first-order valence-electron chi connectivity index (χ1n) is 11.3. The minimum atomic E-state index is -0.650. The zero-order valence-electron chi connectivity index (χ0n) is 19.1. The second-order valence-electron chi connectivity index (χ2n) is 8.07. The number of ether oxygens (including phenoxy) is 2. The van der Waals surface area contributed by atoms with E-state index in [1.165, 1.54) is 6.08 Å². The van der Waals surface area contributed by atoms with Crippen LogP contribution in [0.2, 0.25) is 0 Å². The largest absolute Gasteiger partial charge is 0.377 e. The predicted molar refractivity (Wildman–Crippen MR) is 127 cm³/mol. The molecule has 2 aromatic rings. The lowest BCUT2D eigenvalue weighted by Crippen LogP contribution is -2.42. The Morgan fingerprint density at radius 2 is 2.09 bits per heavy atom. The Balaban J connectivity index is 1.43. The Labute approximate surface area is 198 Å². The van der Waals surface area contributed by atoms with Gasteiger partial charge >= 0.3 is 0 Å². The lowest BCUT2D eigenvalue weighted by molar-refractivity contribution is -0.132. The van der Waals surface area contributed by atoms with Crippen molar-refractivity contribution in [1.82, 2.24) is 9.88 Å². The van der Waals surface area contributed by atoms with E-state index >= 15 is 0 Å². The zero-order chi connectivity index (χ0) is 23.9. The van der Waals surface area contributed by atoms with Crippen LogP contribution < -0.4 is 10.2 Å². The summed E-state index contributed by atoms with van der Waals surface area (Å²) in [6.07, 6.45) is 6.69.